The van der Waals surface area contributed by atoms with Gasteiger partial charge in [-0.05, 0) is 49.8 Å². The van der Waals surface area contributed by atoms with Crippen molar-refractivity contribution in [3.63, 3.8) is 0 Å². The lowest BCUT2D eigenvalue weighted by molar-refractivity contribution is 0.0524. The summed E-state index contributed by atoms with van der Waals surface area (Å²) >= 11 is 5.92. The fourth-order valence-corrected chi connectivity index (χ4v) is 2.64. The van der Waals surface area contributed by atoms with Gasteiger partial charge in [-0.15, -0.1) is 0 Å². The van der Waals surface area contributed by atoms with E-state index in [4.69, 9.17) is 16.3 Å². The lowest BCUT2D eigenvalue weighted by Gasteiger charge is -2.28. The molecule has 1 aliphatic carbocycles. The molecule has 1 N–H and O–H groups in total. The highest BCUT2D eigenvalue weighted by atomic mass is 35.5. The Bertz CT molecular complexity index is 461. The zero-order valence-electron chi connectivity index (χ0n) is 11.4. The van der Waals surface area contributed by atoms with E-state index in [0.29, 0.717) is 16.6 Å². The Morgan fingerprint density at radius 3 is 2.84 bits per heavy atom. The van der Waals surface area contributed by atoms with Crippen LogP contribution in [0.4, 0.5) is 10.5 Å². The average molecular weight is 282 g/mol. The van der Waals surface area contributed by atoms with Gasteiger partial charge in [0.15, 0.2) is 0 Å². The molecule has 2 rings (SSSR count). The van der Waals surface area contributed by atoms with Crippen LogP contribution in [0.25, 0.3) is 0 Å². The number of carbonyl (C=O) groups excluding carboxylic acids is 1. The summed E-state index contributed by atoms with van der Waals surface area (Å²) in [6, 6.07) is 5.42. The second-order valence-electron chi connectivity index (χ2n) is 5.29. The van der Waals surface area contributed by atoms with E-state index in [2.05, 4.69) is 12.2 Å². The van der Waals surface area contributed by atoms with E-state index in [1.807, 2.05) is 13.0 Å². The molecule has 1 fully saturated rings. The molecule has 1 aromatic carbocycles. The number of anilines is 1. The van der Waals surface area contributed by atoms with Crippen LogP contribution in [0.3, 0.4) is 0 Å². The molecule has 1 amide bonds. The monoisotopic (exact) mass is 281 g/mol. The zero-order valence-corrected chi connectivity index (χ0v) is 12.2. The highest BCUT2D eigenvalue weighted by Crippen LogP contribution is 2.27. The minimum atomic E-state index is -0.385. The SMILES string of the molecule is Cc1ccc(Cl)cc1NC(=O)O[C@@H]1CCCC[C@@H]1C. The van der Waals surface area contributed by atoms with E-state index in [1.165, 1.54) is 6.42 Å². The standard InChI is InChI=1S/C15H20ClNO2/c1-10-7-8-12(16)9-13(10)17-15(18)19-14-6-4-3-5-11(14)2/h7-9,11,14H,3-6H2,1-2H3,(H,17,18)/t11-,14+/m0/s1. The van der Waals surface area contributed by atoms with Gasteiger partial charge in [0.25, 0.3) is 0 Å². The Morgan fingerprint density at radius 2 is 2.11 bits per heavy atom. The Labute approximate surface area is 119 Å². The van der Waals surface area contributed by atoms with Crippen molar-refractivity contribution in [2.24, 2.45) is 5.92 Å². The van der Waals surface area contributed by atoms with Gasteiger partial charge in [-0.25, -0.2) is 4.79 Å². The molecule has 0 heterocycles. The van der Waals surface area contributed by atoms with Gasteiger partial charge in [-0.2, -0.15) is 0 Å². The summed E-state index contributed by atoms with van der Waals surface area (Å²) in [7, 11) is 0. The maximum Gasteiger partial charge on any atom is 0.411 e. The molecule has 0 spiro atoms. The van der Waals surface area contributed by atoms with Crippen LogP contribution < -0.4 is 5.32 Å². The predicted molar refractivity (Wildman–Crippen MR) is 77.7 cm³/mol. The lowest BCUT2D eigenvalue weighted by atomic mass is 9.88. The Morgan fingerprint density at radius 1 is 1.37 bits per heavy atom. The largest absolute Gasteiger partial charge is 0.446 e. The van der Waals surface area contributed by atoms with Crippen molar-refractivity contribution < 1.29 is 9.53 Å². The van der Waals surface area contributed by atoms with Crippen molar-refractivity contribution in [3.8, 4) is 0 Å². The topological polar surface area (TPSA) is 38.3 Å². The number of ether oxygens (including phenoxy) is 1. The molecule has 2 atom stereocenters. The van der Waals surface area contributed by atoms with Gasteiger partial charge in [0.2, 0.25) is 0 Å². The molecular formula is C15H20ClNO2. The average Bonchev–Trinajstić information content (AvgIpc) is 2.37. The van der Waals surface area contributed by atoms with E-state index in [0.717, 1.165) is 24.8 Å². The third-order valence-electron chi connectivity index (χ3n) is 3.73. The first-order chi connectivity index (χ1) is 9.06. The van der Waals surface area contributed by atoms with Gasteiger partial charge >= 0.3 is 6.09 Å². The fourth-order valence-electron chi connectivity index (χ4n) is 2.46. The van der Waals surface area contributed by atoms with Crippen LogP contribution in [0, 0.1) is 12.8 Å². The minimum Gasteiger partial charge on any atom is -0.446 e. The first kappa shape index (κ1) is 14.2. The fraction of sp³-hybridized carbons (Fsp3) is 0.533. The predicted octanol–water partition coefficient (Wildman–Crippen LogP) is 4.78. The molecule has 19 heavy (non-hydrogen) atoms. The van der Waals surface area contributed by atoms with Crippen molar-refractivity contribution in [3.05, 3.63) is 28.8 Å². The van der Waals surface area contributed by atoms with E-state index < -0.39 is 0 Å². The molecule has 4 heteroatoms. The van der Waals surface area contributed by atoms with Gasteiger partial charge in [0.1, 0.15) is 6.10 Å². The normalized spacial score (nSPS) is 22.9. The Kier molecular flexibility index (Phi) is 4.70. The number of hydrogen-bond donors (Lipinski definition) is 1. The summed E-state index contributed by atoms with van der Waals surface area (Å²) in [6.45, 7) is 4.07. The van der Waals surface area contributed by atoms with Gasteiger partial charge in [-0.3, -0.25) is 5.32 Å². The van der Waals surface area contributed by atoms with E-state index in [9.17, 15) is 4.79 Å². The van der Waals surface area contributed by atoms with Gasteiger partial charge in [-0.1, -0.05) is 31.0 Å². The van der Waals surface area contributed by atoms with Crippen LogP contribution in [-0.4, -0.2) is 12.2 Å². The van der Waals surface area contributed by atoms with Crippen molar-refractivity contribution in [1.29, 1.82) is 0 Å². The number of halogens is 1. The second kappa shape index (κ2) is 6.29. The van der Waals surface area contributed by atoms with Crippen LogP contribution in [0.1, 0.15) is 38.2 Å². The number of carbonyl (C=O) groups is 1. The summed E-state index contributed by atoms with van der Waals surface area (Å²) in [5, 5.41) is 3.38. The number of benzene rings is 1. The van der Waals surface area contributed by atoms with Crippen LogP contribution in [0.2, 0.25) is 5.02 Å². The maximum absolute atomic E-state index is 11.9. The van der Waals surface area contributed by atoms with Crippen LogP contribution >= 0.6 is 11.6 Å². The minimum absolute atomic E-state index is 0.0354. The molecule has 1 aliphatic rings. The van der Waals surface area contributed by atoms with Crippen molar-refractivity contribution in [1.82, 2.24) is 0 Å². The first-order valence-corrected chi connectivity index (χ1v) is 7.18. The summed E-state index contributed by atoms with van der Waals surface area (Å²) < 4.78 is 5.51. The zero-order chi connectivity index (χ0) is 13.8. The Balaban J connectivity index is 1.95. The summed E-state index contributed by atoms with van der Waals surface area (Å²) in [6.07, 6.45) is 4.11. The van der Waals surface area contributed by atoms with E-state index >= 15 is 0 Å². The van der Waals surface area contributed by atoms with Crippen LogP contribution in [0.15, 0.2) is 18.2 Å². The van der Waals surface area contributed by atoms with Crippen molar-refractivity contribution >= 4 is 23.4 Å². The molecule has 0 aliphatic heterocycles. The van der Waals surface area contributed by atoms with Crippen molar-refractivity contribution in [2.75, 3.05) is 5.32 Å². The molecule has 0 aromatic heterocycles. The number of amides is 1. The smallest absolute Gasteiger partial charge is 0.411 e. The molecule has 3 nitrogen and oxygen atoms in total. The Hall–Kier alpha value is -1.22. The molecule has 0 radical (unpaired) electrons. The first-order valence-electron chi connectivity index (χ1n) is 6.80. The summed E-state index contributed by atoms with van der Waals surface area (Å²) in [5.74, 6) is 0.444. The van der Waals surface area contributed by atoms with Crippen molar-refractivity contribution in [2.45, 2.75) is 45.6 Å². The van der Waals surface area contributed by atoms with Gasteiger partial charge in [0, 0.05) is 10.7 Å². The molecular weight excluding hydrogens is 262 g/mol. The van der Waals surface area contributed by atoms with Gasteiger partial charge < -0.3 is 4.74 Å². The van der Waals surface area contributed by atoms with Crippen LogP contribution in [0.5, 0.6) is 0 Å². The summed E-state index contributed by atoms with van der Waals surface area (Å²) in [5.41, 5.74) is 1.68. The molecule has 0 unspecified atom stereocenters. The quantitative estimate of drug-likeness (QED) is 0.847. The van der Waals surface area contributed by atoms with E-state index in [-0.39, 0.29) is 12.2 Å². The van der Waals surface area contributed by atoms with E-state index in [1.54, 1.807) is 12.1 Å². The number of aryl methyl sites for hydroxylation is 1. The highest BCUT2D eigenvalue weighted by Gasteiger charge is 2.24. The maximum atomic E-state index is 11.9. The second-order valence-corrected chi connectivity index (χ2v) is 5.73. The number of hydrogen-bond acceptors (Lipinski definition) is 2. The third-order valence-corrected chi connectivity index (χ3v) is 3.96. The molecule has 1 aromatic rings. The highest BCUT2D eigenvalue weighted by molar-refractivity contribution is 6.30. The molecule has 0 saturated heterocycles. The van der Waals surface area contributed by atoms with Crippen LogP contribution in [-0.2, 0) is 4.74 Å². The van der Waals surface area contributed by atoms with Gasteiger partial charge in [0.05, 0.1) is 0 Å². The summed E-state index contributed by atoms with van der Waals surface area (Å²) in [4.78, 5) is 11.9. The molecule has 0 bridgehead atoms. The molecule has 104 valence electrons. The lowest BCUT2D eigenvalue weighted by Crippen LogP contribution is -2.30. The molecule has 1 saturated carbocycles. The number of rotatable bonds is 2. The number of nitrogens with one attached hydrogen (secondary N) is 1. The third kappa shape index (κ3) is 3.87.